The van der Waals surface area contributed by atoms with Gasteiger partial charge in [-0.3, -0.25) is 5.32 Å². The number of carboxylic acids is 1. The number of amides is 1. The van der Waals surface area contributed by atoms with Crippen LogP contribution in [0.5, 0.6) is 0 Å². The molecule has 0 unspecified atom stereocenters. The molecular weight excluding hydrogens is 234 g/mol. The molecule has 0 aliphatic carbocycles. The van der Waals surface area contributed by atoms with Gasteiger partial charge in [-0.1, -0.05) is 0 Å². The van der Waals surface area contributed by atoms with Crippen LogP contribution in [0.1, 0.15) is 10.4 Å². The highest BCUT2D eigenvalue weighted by Crippen LogP contribution is 2.09. The third-order valence-electron chi connectivity index (χ3n) is 1.69. The fraction of sp³-hybridized carbons (Fsp3) is 0.200. The molecule has 0 bridgehead atoms. The largest absolute Gasteiger partial charge is 0.478 e. The highest BCUT2D eigenvalue weighted by molar-refractivity contribution is 6.18. The molecule has 1 aromatic rings. The number of anilines is 1. The molecule has 16 heavy (non-hydrogen) atoms. The average molecular weight is 244 g/mol. The Balaban J connectivity index is 2.55. The van der Waals surface area contributed by atoms with E-state index < -0.39 is 12.1 Å². The number of hydrogen-bond acceptors (Lipinski definition) is 3. The summed E-state index contributed by atoms with van der Waals surface area (Å²) in [6, 6.07) is 5.73. The van der Waals surface area contributed by atoms with Gasteiger partial charge in [-0.05, 0) is 24.3 Å². The van der Waals surface area contributed by atoms with E-state index in [4.69, 9.17) is 16.7 Å². The molecule has 0 saturated carbocycles. The van der Waals surface area contributed by atoms with Gasteiger partial charge in [0, 0.05) is 5.69 Å². The van der Waals surface area contributed by atoms with Crippen molar-refractivity contribution >= 4 is 29.4 Å². The molecule has 0 aliphatic rings. The highest BCUT2D eigenvalue weighted by Gasteiger charge is 2.04. The van der Waals surface area contributed by atoms with E-state index in [-0.39, 0.29) is 18.1 Å². The second-order valence-corrected chi connectivity index (χ2v) is 3.21. The smallest absolute Gasteiger partial charge is 0.411 e. The number of hydrogen-bond donors (Lipinski definition) is 2. The molecule has 0 saturated heterocycles. The van der Waals surface area contributed by atoms with Gasteiger partial charge >= 0.3 is 12.1 Å². The zero-order chi connectivity index (χ0) is 12.0. The van der Waals surface area contributed by atoms with Gasteiger partial charge in [-0.2, -0.15) is 0 Å². The van der Waals surface area contributed by atoms with E-state index in [1.165, 1.54) is 24.3 Å². The minimum absolute atomic E-state index is 0.126. The molecular formula is C10H10ClNO4. The van der Waals surface area contributed by atoms with E-state index in [2.05, 4.69) is 10.1 Å². The number of halogens is 1. The number of carbonyl (C=O) groups is 2. The molecule has 5 nitrogen and oxygen atoms in total. The number of alkyl halides is 1. The summed E-state index contributed by atoms with van der Waals surface area (Å²) in [6.07, 6.45) is -0.622. The molecule has 0 aliphatic heterocycles. The predicted octanol–water partition coefficient (Wildman–Crippen LogP) is 2.17. The van der Waals surface area contributed by atoms with Crippen LogP contribution in [-0.2, 0) is 4.74 Å². The molecule has 0 radical (unpaired) electrons. The first kappa shape index (κ1) is 12.3. The van der Waals surface area contributed by atoms with Crippen LogP contribution in [-0.4, -0.2) is 29.7 Å². The zero-order valence-electron chi connectivity index (χ0n) is 8.27. The Hall–Kier alpha value is -1.75. The summed E-state index contributed by atoms with van der Waals surface area (Å²) in [7, 11) is 0. The van der Waals surface area contributed by atoms with Crippen LogP contribution >= 0.6 is 11.6 Å². The maximum absolute atomic E-state index is 11.1. The van der Waals surface area contributed by atoms with Crippen molar-refractivity contribution in [2.45, 2.75) is 0 Å². The first-order valence-electron chi connectivity index (χ1n) is 4.46. The summed E-state index contributed by atoms with van der Waals surface area (Å²) in [5, 5.41) is 11.1. The van der Waals surface area contributed by atoms with Crippen molar-refractivity contribution < 1.29 is 19.4 Å². The van der Waals surface area contributed by atoms with E-state index in [0.29, 0.717) is 5.69 Å². The predicted molar refractivity (Wildman–Crippen MR) is 59.1 cm³/mol. The molecule has 1 aromatic carbocycles. The van der Waals surface area contributed by atoms with E-state index >= 15 is 0 Å². The van der Waals surface area contributed by atoms with Crippen LogP contribution < -0.4 is 5.32 Å². The summed E-state index contributed by atoms with van der Waals surface area (Å²) in [5.41, 5.74) is 0.615. The second kappa shape index (κ2) is 5.97. The van der Waals surface area contributed by atoms with Gasteiger partial charge in [0.1, 0.15) is 6.61 Å². The number of carbonyl (C=O) groups excluding carboxylic acids is 1. The third-order valence-corrected chi connectivity index (χ3v) is 1.84. The number of carboxylic acid groups (broad SMARTS) is 1. The van der Waals surface area contributed by atoms with Crippen molar-refractivity contribution in [3.05, 3.63) is 29.8 Å². The van der Waals surface area contributed by atoms with Crippen LogP contribution in [0.4, 0.5) is 10.5 Å². The first-order chi connectivity index (χ1) is 7.63. The first-order valence-corrected chi connectivity index (χ1v) is 5.00. The maximum Gasteiger partial charge on any atom is 0.411 e. The molecule has 0 fully saturated rings. The van der Waals surface area contributed by atoms with Crippen molar-refractivity contribution in [3.8, 4) is 0 Å². The fourth-order valence-corrected chi connectivity index (χ4v) is 1.06. The SMILES string of the molecule is O=C(Nc1ccc(C(=O)O)cc1)OCCCl. The topological polar surface area (TPSA) is 75.6 Å². The number of nitrogens with one attached hydrogen (secondary N) is 1. The third kappa shape index (κ3) is 3.78. The van der Waals surface area contributed by atoms with E-state index in [0.717, 1.165) is 0 Å². The van der Waals surface area contributed by atoms with E-state index in [1.54, 1.807) is 0 Å². The Morgan fingerprint density at radius 1 is 1.31 bits per heavy atom. The minimum atomic E-state index is -1.02. The molecule has 2 N–H and O–H groups in total. The van der Waals surface area contributed by atoms with Gasteiger partial charge in [0.05, 0.1) is 11.4 Å². The van der Waals surface area contributed by atoms with Gasteiger partial charge in [0.2, 0.25) is 0 Å². The molecule has 6 heteroatoms. The van der Waals surface area contributed by atoms with Crippen molar-refractivity contribution in [3.63, 3.8) is 0 Å². The fourth-order valence-electron chi connectivity index (χ4n) is 0.981. The maximum atomic E-state index is 11.1. The van der Waals surface area contributed by atoms with E-state index in [9.17, 15) is 9.59 Å². The van der Waals surface area contributed by atoms with Gasteiger partial charge in [-0.15, -0.1) is 11.6 Å². The number of rotatable bonds is 4. The summed E-state index contributed by atoms with van der Waals surface area (Å²) in [5.74, 6) is -0.790. The van der Waals surface area contributed by atoms with Gasteiger partial charge < -0.3 is 9.84 Å². The summed E-state index contributed by atoms with van der Waals surface area (Å²) in [6.45, 7) is 0.126. The van der Waals surface area contributed by atoms with Crippen LogP contribution in [0.25, 0.3) is 0 Å². The Labute approximate surface area is 97.0 Å². The minimum Gasteiger partial charge on any atom is -0.478 e. The molecule has 86 valence electrons. The Morgan fingerprint density at radius 3 is 2.44 bits per heavy atom. The monoisotopic (exact) mass is 243 g/mol. The molecule has 1 rings (SSSR count). The average Bonchev–Trinajstić information content (AvgIpc) is 2.27. The quantitative estimate of drug-likeness (QED) is 0.795. The summed E-state index contributed by atoms with van der Waals surface area (Å²) >= 11 is 5.33. The standard InChI is InChI=1S/C10H10ClNO4/c11-5-6-16-10(15)12-8-3-1-7(2-4-8)9(13)14/h1-4H,5-6H2,(H,12,15)(H,13,14). The van der Waals surface area contributed by atoms with Crippen LogP contribution in [0, 0.1) is 0 Å². The summed E-state index contributed by atoms with van der Waals surface area (Å²) < 4.78 is 4.67. The molecule has 0 spiro atoms. The van der Waals surface area contributed by atoms with Crippen molar-refractivity contribution in [2.24, 2.45) is 0 Å². The van der Waals surface area contributed by atoms with Gasteiger partial charge in [0.15, 0.2) is 0 Å². The second-order valence-electron chi connectivity index (χ2n) is 2.83. The Bertz CT molecular complexity index is 377. The lowest BCUT2D eigenvalue weighted by Crippen LogP contribution is -2.14. The normalized spacial score (nSPS) is 9.56. The lowest BCUT2D eigenvalue weighted by molar-refractivity contribution is 0.0697. The number of aromatic carboxylic acids is 1. The van der Waals surface area contributed by atoms with Gasteiger partial charge in [0.25, 0.3) is 0 Å². The number of ether oxygens (including phenoxy) is 1. The molecule has 1 amide bonds. The Morgan fingerprint density at radius 2 is 1.94 bits per heavy atom. The van der Waals surface area contributed by atoms with Crippen LogP contribution in [0.2, 0.25) is 0 Å². The Kier molecular flexibility index (Phi) is 4.60. The highest BCUT2D eigenvalue weighted by atomic mass is 35.5. The van der Waals surface area contributed by atoms with Crippen LogP contribution in [0.3, 0.4) is 0 Å². The van der Waals surface area contributed by atoms with Crippen molar-refractivity contribution in [1.29, 1.82) is 0 Å². The molecule has 0 atom stereocenters. The zero-order valence-corrected chi connectivity index (χ0v) is 9.03. The number of benzene rings is 1. The van der Waals surface area contributed by atoms with Crippen LogP contribution in [0.15, 0.2) is 24.3 Å². The van der Waals surface area contributed by atoms with E-state index in [1.807, 2.05) is 0 Å². The van der Waals surface area contributed by atoms with Crippen molar-refractivity contribution in [1.82, 2.24) is 0 Å². The molecule has 0 heterocycles. The van der Waals surface area contributed by atoms with Crippen molar-refractivity contribution in [2.75, 3.05) is 17.8 Å². The lowest BCUT2D eigenvalue weighted by Gasteiger charge is -2.05. The lowest BCUT2D eigenvalue weighted by atomic mass is 10.2. The molecule has 0 aromatic heterocycles. The summed E-state index contributed by atoms with van der Waals surface area (Å²) in [4.78, 5) is 21.6. The van der Waals surface area contributed by atoms with Gasteiger partial charge in [-0.25, -0.2) is 9.59 Å².